The third-order valence-electron chi connectivity index (χ3n) is 3.48. The van der Waals surface area contributed by atoms with Gasteiger partial charge in [-0.25, -0.2) is 4.79 Å². The molecule has 1 heterocycles. The lowest BCUT2D eigenvalue weighted by Crippen LogP contribution is -2.50. The van der Waals surface area contributed by atoms with Crippen LogP contribution in [0, 0.1) is 0 Å². The van der Waals surface area contributed by atoms with Crippen molar-refractivity contribution in [3.8, 4) is 0 Å². The minimum atomic E-state index is -0.511. The van der Waals surface area contributed by atoms with E-state index >= 15 is 0 Å². The Morgan fingerprint density at radius 3 is 2.52 bits per heavy atom. The van der Waals surface area contributed by atoms with Gasteiger partial charge >= 0.3 is 6.09 Å². The molecule has 5 nitrogen and oxygen atoms in total. The summed E-state index contributed by atoms with van der Waals surface area (Å²) in [5.41, 5.74) is 0.981. The van der Waals surface area contributed by atoms with Gasteiger partial charge in [-0.3, -0.25) is 4.90 Å². The second-order valence-corrected chi connectivity index (χ2v) is 5.44. The minimum Gasteiger partial charge on any atom is -0.445 e. The Labute approximate surface area is 130 Å². The highest BCUT2D eigenvalue weighted by molar-refractivity contribution is 6.18. The van der Waals surface area contributed by atoms with E-state index in [1.165, 1.54) is 0 Å². The lowest BCUT2D eigenvalue weighted by molar-refractivity contribution is 0.0576. The first-order chi connectivity index (χ1) is 10.2. The number of hydrogen-bond donors (Lipinski definition) is 1. The molecule has 0 bridgehead atoms. The highest BCUT2D eigenvalue weighted by atomic mass is 35.5. The maximum atomic E-state index is 12.0. The number of rotatable bonds is 5. The first-order valence-electron chi connectivity index (χ1n) is 7.11. The number of amides is 1. The number of benzene rings is 1. The molecule has 0 aliphatic carbocycles. The molecule has 0 aromatic heterocycles. The molecule has 0 unspecified atom stereocenters. The van der Waals surface area contributed by atoms with Crippen LogP contribution in [-0.4, -0.2) is 65.7 Å². The highest BCUT2D eigenvalue weighted by Gasteiger charge is 2.23. The molecule has 0 saturated carbocycles. The number of alkyl halides is 1. The molecule has 1 aromatic carbocycles. The predicted octanol–water partition coefficient (Wildman–Crippen LogP) is 1.54. The van der Waals surface area contributed by atoms with E-state index in [2.05, 4.69) is 4.90 Å². The zero-order valence-electron chi connectivity index (χ0n) is 11.9. The van der Waals surface area contributed by atoms with Crippen molar-refractivity contribution in [3.63, 3.8) is 0 Å². The molecule has 0 spiro atoms. The van der Waals surface area contributed by atoms with E-state index in [1.54, 1.807) is 4.90 Å². The number of ether oxygens (including phenoxy) is 1. The van der Waals surface area contributed by atoms with Gasteiger partial charge in [0, 0.05) is 38.6 Å². The fourth-order valence-electron chi connectivity index (χ4n) is 2.27. The number of carbonyl (C=O) groups excluding carboxylic acids is 1. The zero-order valence-corrected chi connectivity index (χ0v) is 12.7. The van der Waals surface area contributed by atoms with Crippen LogP contribution in [0.25, 0.3) is 0 Å². The van der Waals surface area contributed by atoms with Crippen LogP contribution in [0.2, 0.25) is 0 Å². The number of hydrogen-bond acceptors (Lipinski definition) is 4. The van der Waals surface area contributed by atoms with E-state index in [-0.39, 0.29) is 12.0 Å². The number of halogens is 1. The quantitative estimate of drug-likeness (QED) is 0.838. The number of β-amino-alcohol motifs (C(OH)–C–C–N with tert-alkyl or cyclic N) is 1. The van der Waals surface area contributed by atoms with Crippen LogP contribution in [0.4, 0.5) is 4.79 Å². The lowest BCUT2D eigenvalue weighted by Gasteiger charge is -2.34. The zero-order chi connectivity index (χ0) is 15.1. The molecule has 2 rings (SSSR count). The summed E-state index contributed by atoms with van der Waals surface area (Å²) in [6.07, 6.45) is -0.792. The molecule has 1 aromatic rings. The molecule has 1 N–H and O–H groups in total. The first kappa shape index (κ1) is 16.1. The SMILES string of the molecule is O=C(OCc1ccccc1)N1CCN(C[C@@H](O)CCl)CC1. The summed E-state index contributed by atoms with van der Waals surface area (Å²) >= 11 is 5.59. The highest BCUT2D eigenvalue weighted by Crippen LogP contribution is 2.07. The number of piperazine rings is 1. The maximum absolute atomic E-state index is 12.0. The van der Waals surface area contributed by atoms with Crippen LogP contribution >= 0.6 is 11.6 Å². The van der Waals surface area contributed by atoms with Gasteiger partial charge < -0.3 is 14.7 Å². The Morgan fingerprint density at radius 2 is 1.90 bits per heavy atom. The van der Waals surface area contributed by atoms with Crippen LogP contribution in [0.5, 0.6) is 0 Å². The Balaban J connectivity index is 1.70. The second-order valence-electron chi connectivity index (χ2n) is 5.14. The molecule has 116 valence electrons. The Kier molecular flexibility index (Phi) is 6.29. The molecular formula is C15H21ClN2O3. The summed E-state index contributed by atoms with van der Waals surface area (Å²) < 4.78 is 5.30. The van der Waals surface area contributed by atoms with Crippen molar-refractivity contribution in [1.82, 2.24) is 9.80 Å². The Morgan fingerprint density at radius 1 is 1.24 bits per heavy atom. The van der Waals surface area contributed by atoms with Gasteiger partial charge in [-0.1, -0.05) is 30.3 Å². The largest absolute Gasteiger partial charge is 0.445 e. The van der Waals surface area contributed by atoms with Crippen molar-refractivity contribution >= 4 is 17.7 Å². The molecular weight excluding hydrogens is 292 g/mol. The second kappa shape index (κ2) is 8.22. The van der Waals surface area contributed by atoms with Crippen molar-refractivity contribution in [2.75, 3.05) is 38.6 Å². The van der Waals surface area contributed by atoms with E-state index in [9.17, 15) is 9.90 Å². The summed E-state index contributed by atoms with van der Waals surface area (Å²) in [4.78, 5) is 15.8. The maximum Gasteiger partial charge on any atom is 0.410 e. The number of aliphatic hydroxyl groups is 1. The molecule has 1 fully saturated rings. The third kappa shape index (κ3) is 5.19. The van der Waals surface area contributed by atoms with Crippen molar-refractivity contribution in [1.29, 1.82) is 0 Å². The van der Waals surface area contributed by atoms with Gasteiger partial charge in [0.05, 0.1) is 6.10 Å². The normalized spacial score (nSPS) is 17.5. The van der Waals surface area contributed by atoms with Gasteiger partial charge in [0.25, 0.3) is 0 Å². The van der Waals surface area contributed by atoms with Crippen LogP contribution in [0.15, 0.2) is 30.3 Å². The van der Waals surface area contributed by atoms with E-state index in [4.69, 9.17) is 16.3 Å². The van der Waals surface area contributed by atoms with Crippen LogP contribution in [-0.2, 0) is 11.3 Å². The Hall–Kier alpha value is -1.30. The summed E-state index contributed by atoms with van der Waals surface area (Å²) in [5, 5.41) is 9.52. The fraction of sp³-hybridized carbons (Fsp3) is 0.533. The molecule has 21 heavy (non-hydrogen) atoms. The topological polar surface area (TPSA) is 53.0 Å². The van der Waals surface area contributed by atoms with E-state index in [1.807, 2.05) is 30.3 Å². The molecule has 6 heteroatoms. The Bertz CT molecular complexity index is 436. The third-order valence-corrected chi connectivity index (χ3v) is 3.84. The molecule has 1 atom stereocenters. The lowest BCUT2D eigenvalue weighted by atomic mass is 10.2. The predicted molar refractivity (Wildman–Crippen MR) is 81.4 cm³/mol. The first-order valence-corrected chi connectivity index (χ1v) is 7.64. The van der Waals surface area contributed by atoms with Gasteiger partial charge in [-0.2, -0.15) is 0 Å². The smallest absolute Gasteiger partial charge is 0.410 e. The van der Waals surface area contributed by atoms with E-state index in [0.717, 1.165) is 18.7 Å². The van der Waals surface area contributed by atoms with Crippen molar-refractivity contribution in [2.24, 2.45) is 0 Å². The van der Waals surface area contributed by atoms with Crippen LogP contribution in [0.3, 0.4) is 0 Å². The average molecular weight is 313 g/mol. The molecule has 1 saturated heterocycles. The molecule has 0 radical (unpaired) electrons. The number of aliphatic hydroxyl groups excluding tert-OH is 1. The summed E-state index contributed by atoms with van der Waals surface area (Å²) in [5.74, 6) is 0.235. The summed E-state index contributed by atoms with van der Waals surface area (Å²) in [6, 6.07) is 9.63. The van der Waals surface area contributed by atoms with Crippen molar-refractivity contribution < 1.29 is 14.6 Å². The van der Waals surface area contributed by atoms with E-state index in [0.29, 0.717) is 26.2 Å². The summed E-state index contributed by atoms with van der Waals surface area (Å²) in [6.45, 7) is 3.54. The standard InChI is InChI=1S/C15H21ClN2O3/c16-10-14(19)11-17-6-8-18(9-7-17)15(20)21-12-13-4-2-1-3-5-13/h1-5,14,19H,6-12H2/t14-/m0/s1. The van der Waals surface area contributed by atoms with Gasteiger partial charge in [0.1, 0.15) is 6.61 Å². The van der Waals surface area contributed by atoms with Gasteiger partial charge in [0.2, 0.25) is 0 Å². The molecule has 1 aliphatic rings. The van der Waals surface area contributed by atoms with Crippen LogP contribution < -0.4 is 0 Å². The van der Waals surface area contributed by atoms with Gasteiger partial charge in [-0.05, 0) is 5.56 Å². The molecule has 1 aliphatic heterocycles. The summed E-state index contributed by atoms with van der Waals surface area (Å²) in [7, 11) is 0. The van der Waals surface area contributed by atoms with Gasteiger partial charge in [0.15, 0.2) is 0 Å². The fourth-order valence-corrected chi connectivity index (χ4v) is 2.37. The van der Waals surface area contributed by atoms with E-state index < -0.39 is 6.10 Å². The number of nitrogens with zero attached hydrogens (tertiary/aromatic N) is 2. The van der Waals surface area contributed by atoms with Crippen molar-refractivity contribution in [2.45, 2.75) is 12.7 Å². The minimum absolute atomic E-state index is 0.235. The van der Waals surface area contributed by atoms with Crippen LogP contribution in [0.1, 0.15) is 5.56 Å². The number of carbonyl (C=O) groups is 1. The van der Waals surface area contributed by atoms with Gasteiger partial charge in [-0.15, -0.1) is 11.6 Å². The monoisotopic (exact) mass is 312 g/mol. The van der Waals surface area contributed by atoms with Crippen molar-refractivity contribution in [3.05, 3.63) is 35.9 Å². The average Bonchev–Trinajstić information content (AvgIpc) is 2.54. The molecule has 1 amide bonds.